The zero-order chi connectivity index (χ0) is 17.0. The number of hydrogen-bond acceptors (Lipinski definition) is 7. The van der Waals surface area contributed by atoms with Crippen LogP contribution in [0.5, 0.6) is 0 Å². The number of aromatic nitrogens is 3. The van der Waals surface area contributed by atoms with Crippen LogP contribution in [-0.2, 0) is 12.8 Å². The van der Waals surface area contributed by atoms with Gasteiger partial charge in [0, 0.05) is 35.9 Å². The zero-order valence-electron chi connectivity index (χ0n) is 14.6. The molecular formula is C18H21N5S2. The van der Waals surface area contributed by atoms with Gasteiger partial charge in [0.05, 0.1) is 11.1 Å². The first-order valence-corrected chi connectivity index (χ1v) is 10.5. The summed E-state index contributed by atoms with van der Waals surface area (Å²) in [7, 11) is 0. The van der Waals surface area contributed by atoms with E-state index in [9.17, 15) is 0 Å². The Balaban J connectivity index is 1.42. The van der Waals surface area contributed by atoms with Gasteiger partial charge in [-0.2, -0.15) is 0 Å². The molecule has 5 nitrogen and oxygen atoms in total. The molecule has 0 N–H and O–H groups in total. The maximum absolute atomic E-state index is 4.72. The number of anilines is 2. The van der Waals surface area contributed by atoms with Crippen molar-refractivity contribution < 1.29 is 0 Å². The first-order valence-electron chi connectivity index (χ1n) is 8.90. The summed E-state index contributed by atoms with van der Waals surface area (Å²) in [6, 6.07) is 0. The van der Waals surface area contributed by atoms with E-state index in [-0.39, 0.29) is 0 Å². The van der Waals surface area contributed by atoms with Crippen LogP contribution in [0.15, 0.2) is 6.33 Å². The maximum Gasteiger partial charge on any atom is 0.185 e. The molecule has 2 aliphatic rings. The van der Waals surface area contributed by atoms with Gasteiger partial charge in [0.2, 0.25) is 0 Å². The van der Waals surface area contributed by atoms with E-state index in [4.69, 9.17) is 4.98 Å². The number of aryl methyl sites for hydroxylation is 4. The first-order chi connectivity index (χ1) is 12.2. The van der Waals surface area contributed by atoms with Crippen molar-refractivity contribution in [2.24, 2.45) is 0 Å². The lowest BCUT2D eigenvalue weighted by atomic mass is 10.1. The molecule has 0 atom stereocenters. The van der Waals surface area contributed by atoms with E-state index in [1.54, 1.807) is 6.33 Å². The molecule has 4 heterocycles. The lowest BCUT2D eigenvalue weighted by Gasteiger charge is -2.35. The summed E-state index contributed by atoms with van der Waals surface area (Å²) < 4.78 is 0. The molecular weight excluding hydrogens is 350 g/mol. The van der Waals surface area contributed by atoms with Crippen molar-refractivity contribution in [2.45, 2.75) is 33.1 Å². The Hall–Kier alpha value is -1.73. The molecule has 0 radical (unpaired) electrons. The van der Waals surface area contributed by atoms with Gasteiger partial charge in [-0.25, -0.2) is 15.0 Å². The third-order valence-electron chi connectivity index (χ3n) is 5.35. The van der Waals surface area contributed by atoms with E-state index in [2.05, 4.69) is 33.6 Å². The molecule has 0 spiro atoms. The van der Waals surface area contributed by atoms with Crippen LogP contribution in [0.4, 0.5) is 10.9 Å². The third-order valence-corrected chi connectivity index (χ3v) is 7.68. The minimum Gasteiger partial charge on any atom is -0.352 e. The molecule has 0 saturated carbocycles. The molecule has 0 unspecified atom stereocenters. The molecule has 3 aromatic rings. The highest BCUT2D eigenvalue weighted by Crippen LogP contribution is 2.40. The Morgan fingerprint density at radius 3 is 2.52 bits per heavy atom. The van der Waals surface area contributed by atoms with Gasteiger partial charge in [-0.15, -0.1) is 22.7 Å². The lowest BCUT2D eigenvalue weighted by molar-refractivity contribution is 0.647. The molecule has 7 heteroatoms. The standard InChI is InChI=1S/C18H21N5S2/c1-11-12(2)24-18(21-11)23-8-6-22(7-9-23)16-15-13-4-3-5-14(13)25-17(15)20-10-19-16/h10H,3-9H2,1-2H3. The molecule has 1 fully saturated rings. The predicted octanol–water partition coefficient (Wildman–Crippen LogP) is 3.58. The number of fused-ring (bicyclic) bond motifs is 3. The molecule has 130 valence electrons. The van der Waals surface area contributed by atoms with Gasteiger partial charge in [-0.1, -0.05) is 0 Å². The van der Waals surface area contributed by atoms with E-state index in [1.165, 1.54) is 49.9 Å². The lowest BCUT2D eigenvalue weighted by Crippen LogP contribution is -2.46. The summed E-state index contributed by atoms with van der Waals surface area (Å²) in [6.07, 6.45) is 5.42. The fourth-order valence-corrected chi connectivity index (χ4v) is 6.04. The molecule has 25 heavy (non-hydrogen) atoms. The van der Waals surface area contributed by atoms with Gasteiger partial charge in [0.25, 0.3) is 0 Å². The van der Waals surface area contributed by atoms with Crippen molar-refractivity contribution in [3.63, 3.8) is 0 Å². The number of hydrogen-bond donors (Lipinski definition) is 0. The van der Waals surface area contributed by atoms with Crippen LogP contribution in [0, 0.1) is 13.8 Å². The Morgan fingerprint density at radius 1 is 0.960 bits per heavy atom. The third kappa shape index (κ3) is 2.52. The largest absolute Gasteiger partial charge is 0.352 e. The molecule has 5 rings (SSSR count). The topological polar surface area (TPSA) is 45.2 Å². The molecule has 0 amide bonds. The summed E-state index contributed by atoms with van der Waals surface area (Å²) in [5.74, 6) is 1.15. The number of rotatable bonds is 2. The minimum atomic E-state index is 0.994. The van der Waals surface area contributed by atoms with Crippen molar-refractivity contribution in [2.75, 3.05) is 36.0 Å². The first kappa shape index (κ1) is 15.5. The zero-order valence-corrected chi connectivity index (χ0v) is 16.2. The Morgan fingerprint density at radius 2 is 1.76 bits per heavy atom. The highest BCUT2D eigenvalue weighted by Gasteiger charge is 2.26. The average Bonchev–Trinajstić information content (AvgIpc) is 3.30. The second-order valence-electron chi connectivity index (χ2n) is 6.85. The Labute approximate surface area is 155 Å². The fourth-order valence-electron chi connectivity index (χ4n) is 3.85. The second-order valence-corrected chi connectivity index (χ2v) is 9.11. The van der Waals surface area contributed by atoms with Crippen molar-refractivity contribution in [3.8, 4) is 0 Å². The summed E-state index contributed by atoms with van der Waals surface area (Å²) in [4.78, 5) is 22.8. The molecule has 1 saturated heterocycles. The van der Waals surface area contributed by atoms with Gasteiger partial charge in [-0.05, 0) is 38.7 Å². The average molecular weight is 372 g/mol. The summed E-state index contributed by atoms with van der Waals surface area (Å²) >= 11 is 3.68. The van der Waals surface area contributed by atoms with Crippen LogP contribution in [0.2, 0.25) is 0 Å². The monoisotopic (exact) mass is 371 g/mol. The van der Waals surface area contributed by atoms with Crippen molar-refractivity contribution in [3.05, 3.63) is 27.3 Å². The SMILES string of the molecule is Cc1nc(N2CCN(c3ncnc4sc5c(c34)CCC5)CC2)sc1C. The number of thiophene rings is 1. The predicted molar refractivity (Wildman–Crippen MR) is 105 cm³/mol. The van der Waals surface area contributed by atoms with Crippen LogP contribution >= 0.6 is 22.7 Å². The summed E-state index contributed by atoms with van der Waals surface area (Å²) in [5, 5.41) is 2.49. The number of piperazine rings is 1. The van der Waals surface area contributed by atoms with Crippen molar-refractivity contribution in [1.29, 1.82) is 0 Å². The van der Waals surface area contributed by atoms with Crippen LogP contribution in [0.3, 0.4) is 0 Å². The van der Waals surface area contributed by atoms with Crippen molar-refractivity contribution >= 4 is 43.8 Å². The highest BCUT2D eigenvalue weighted by molar-refractivity contribution is 7.19. The summed E-state index contributed by atoms with van der Waals surface area (Å²) in [6.45, 7) is 8.25. The van der Waals surface area contributed by atoms with Gasteiger partial charge in [-0.3, -0.25) is 0 Å². The molecule has 3 aromatic heterocycles. The molecule has 0 bridgehead atoms. The quantitative estimate of drug-likeness (QED) is 0.689. The second kappa shape index (κ2) is 5.92. The normalized spacial score (nSPS) is 17.5. The molecule has 0 aromatic carbocycles. The van der Waals surface area contributed by atoms with Crippen LogP contribution in [0.1, 0.15) is 27.4 Å². The van der Waals surface area contributed by atoms with E-state index in [0.29, 0.717) is 0 Å². The van der Waals surface area contributed by atoms with E-state index >= 15 is 0 Å². The Kier molecular flexibility index (Phi) is 3.67. The van der Waals surface area contributed by atoms with E-state index in [0.717, 1.165) is 37.7 Å². The van der Waals surface area contributed by atoms with Crippen LogP contribution in [0.25, 0.3) is 10.2 Å². The summed E-state index contributed by atoms with van der Waals surface area (Å²) in [5.41, 5.74) is 2.68. The minimum absolute atomic E-state index is 0.994. The van der Waals surface area contributed by atoms with Gasteiger partial charge in [0.15, 0.2) is 5.13 Å². The maximum atomic E-state index is 4.72. The molecule has 1 aliphatic carbocycles. The van der Waals surface area contributed by atoms with Gasteiger partial charge >= 0.3 is 0 Å². The van der Waals surface area contributed by atoms with E-state index < -0.39 is 0 Å². The Bertz CT molecular complexity index is 917. The number of nitrogens with zero attached hydrogens (tertiary/aromatic N) is 5. The van der Waals surface area contributed by atoms with Crippen molar-refractivity contribution in [1.82, 2.24) is 15.0 Å². The highest BCUT2D eigenvalue weighted by atomic mass is 32.1. The van der Waals surface area contributed by atoms with Gasteiger partial charge < -0.3 is 9.80 Å². The fraction of sp³-hybridized carbons (Fsp3) is 0.500. The number of thiazole rings is 1. The van der Waals surface area contributed by atoms with Crippen LogP contribution in [-0.4, -0.2) is 41.1 Å². The van der Waals surface area contributed by atoms with E-state index in [1.807, 2.05) is 22.7 Å². The molecule has 1 aliphatic heterocycles. The van der Waals surface area contributed by atoms with Gasteiger partial charge in [0.1, 0.15) is 17.0 Å². The van der Waals surface area contributed by atoms with Crippen LogP contribution < -0.4 is 9.80 Å². The smallest absolute Gasteiger partial charge is 0.185 e.